The van der Waals surface area contributed by atoms with Gasteiger partial charge in [0.15, 0.2) is 18.1 Å². The maximum Gasteiger partial charge on any atom is 0.265 e. The second kappa shape index (κ2) is 10.3. The Balaban J connectivity index is 1.94. The first-order chi connectivity index (χ1) is 13.5. The van der Waals surface area contributed by atoms with Gasteiger partial charge in [-0.2, -0.15) is 0 Å². The number of methoxy groups -OCH3 is 4. The topological polar surface area (TPSA) is 87.6 Å². The second-order valence-electron chi connectivity index (χ2n) is 5.36. The molecule has 9 heteroatoms. The van der Waals surface area contributed by atoms with Gasteiger partial charge in [-0.25, -0.2) is 0 Å². The number of hydrogen-bond donors (Lipinski definition) is 1. The van der Waals surface area contributed by atoms with Crippen LogP contribution in [0.2, 0.25) is 5.02 Å². The van der Waals surface area contributed by atoms with Crippen LogP contribution in [0.1, 0.15) is 5.56 Å². The van der Waals surface area contributed by atoms with Gasteiger partial charge in [0.25, 0.3) is 5.91 Å². The molecule has 1 amide bonds. The van der Waals surface area contributed by atoms with Gasteiger partial charge in [-0.05, 0) is 30.3 Å². The molecule has 0 spiro atoms. The number of oxime groups is 1. The first-order valence-electron chi connectivity index (χ1n) is 8.11. The lowest BCUT2D eigenvalue weighted by atomic mass is 10.2. The van der Waals surface area contributed by atoms with Gasteiger partial charge < -0.3 is 29.1 Å². The average Bonchev–Trinajstić information content (AvgIpc) is 2.70. The fraction of sp³-hybridized carbons (Fsp3) is 0.263. The molecule has 0 fully saturated rings. The number of nitrogens with one attached hydrogen (secondary N) is 1. The van der Waals surface area contributed by atoms with Crippen molar-refractivity contribution in [2.24, 2.45) is 5.16 Å². The number of ether oxygens (including phenoxy) is 4. The smallest absolute Gasteiger partial charge is 0.265 e. The monoisotopic (exact) mass is 408 g/mol. The summed E-state index contributed by atoms with van der Waals surface area (Å²) in [7, 11) is 6.07. The Morgan fingerprint density at radius 3 is 2.18 bits per heavy atom. The Morgan fingerprint density at radius 2 is 1.64 bits per heavy atom. The summed E-state index contributed by atoms with van der Waals surface area (Å²) < 4.78 is 20.8. The minimum atomic E-state index is -0.386. The Kier molecular flexibility index (Phi) is 7.76. The lowest BCUT2D eigenvalue weighted by molar-refractivity contribution is -0.120. The molecular weight excluding hydrogens is 388 g/mol. The highest BCUT2D eigenvalue weighted by atomic mass is 35.5. The second-order valence-corrected chi connectivity index (χ2v) is 5.77. The van der Waals surface area contributed by atoms with Crippen molar-refractivity contribution >= 4 is 29.4 Å². The highest BCUT2D eigenvalue weighted by molar-refractivity contribution is 6.32. The molecule has 0 aliphatic carbocycles. The Morgan fingerprint density at radius 1 is 1.00 bits per heavy atom. The third kappa shape index (κ3) is 5.43. The van der Waals surface area contributed by atoms with Crippen molar-refractivity contribution in [3.8, 4) is 23.0 Å². The van der Waals surface area contributed by atoms with Crippen molar-refractivity contribution in [1.82, 2.24) is 0 Å². The molecule has 2 aromatic rings. The predicted molar refractivity (Wildman–Crippen MR) is 106 cm³/mol. The van der Waals surface area contributed by atoms with Crippen molar-refractivity contribution < 1.29 is 28.6 Å². The first-order valence-corrected chi connectivity index (χ1v) is 8.48. The normalized spacial score (nSPS) is 10.5. The molecule has 0 aromatic heterocycles. The van der Waals surface area contributed by atoms with Crippen molar-refractivity contribution in [2.45, 2.75) is 0 Å². The quantitative estimate of drug-likeness (QED) is 0.505. The molecule has 0 saturated heterocycles. The lowest BCUT2D eigenvalue weighted by Gasteiger charge is -2.12. The molecule has 28 heavy (non-hydrogen) atoms. The molecule has 0 unspecified atom stereocenters. The van der Waals surface area contributed by atoms with Gasteiger partial charge in [0, 0.05) is 11.3 Å². The molecule has 150 valence electrons. The summed E-state index contributed by atoms with van der Waals surface area (Å²) >= 11 is 6.02. The van der Waals surface area contributed by atoms with Crippen LogP contribution < -0.4 is 24.3 Å². The van der Waals surface area contributed by atoms with Gasteiger partial charge in [-0.1, -0.05) is 16.8 Å². The average molecular weight is 409 g/mol. The van der Waals surface area contributed by atoms with Gasteiger partial charge in [-0.15, -0.1) is 0 Å². The number of benzene rings is 2. The van der Waals surface area contributed by atoms with Crippen molar-refractivity contribution in [3.63, 3.8) is 0 Å². The van der Waals surface area contributed by atoms with Gasteiger partial charge in [0.05, 0.1) is 39.7 Å². The highest BCUT2D eigenvalue weighted by Gasteiger charge is 2.12. The molecule has 0 atom stereocenters. The van der Waals surface area contributed by atoms with E-state index < -0.39 is 0 Å². The first kappa shape index (κ1) is 21.2. The van der Waals surface area contributed by atoms with E-state index in [0.29, 0.717) is 39.3 Å². The van der Waals surface area contributed by atoms with Gasteiger partial charge in [0.2, 0.25) is 5.75 Å². The summed E-state index contributed by atoms with van der Waals surface area (Å²) in [6.07, 6.45) is 1.43. The van der Waals surface area contributed by atoms with Gasteiger partial charge in [0.1, 0.15) is 5.75 Å². The maximum absolute atomic E-state index is 11.9. The Hall–Kier alpha value is -3.13. The van der Waals surface area contributed by atoms with Crippen LogP contribution in [0, 0.1) is 0 Å². The number of hydrogen-bond acceptors (Lipinski definition) is 7. The van der Waals surface area contributed by atoms with E-state index in [9.17, 15) is 4.79 Å². The van der Waals surface area contributed by atoms with Crippen molar-refractivity contribution in [2.75, 3.05) is 40.4 Å². The lowest BCUT2D eigenvalue weighted by Crippen LogP contribution is -2.17. The summed E-state index contributed by atoms with van der Waals surface area (Å²) in [6.45, 7) is -0.273. The number of carbonyl (C=O) groups excluding carboxylic acids is 1. The van der Waals surface area contributed by atoms with Crippen LogP contribution in [-0.2, 0) is 9.63 Å². The van der Waals surface area contributed by atoms with E-state index in [1.165, 1.54) is 34.7 Å². The van der Waals surface area contributed by atoms with E-state index in [0.717, 1.165) is 0 Å². The number of halogens is 1. The van der Waals surface area contributed by atoms with Crippen LogP contribution >= 0.6 is 11.6 Å². The summed E-state index contributed by atoms with van der Waals surface area (Å²) in [6, 6.07) is 8.31. The summed E-state index contributed by atoms with van der Waals surface area (Å²) in [5.74, 6) is 1.57. The molecule has 0 saturated carbocycles. The molecule has 0 radical (unpaired) electrons. The molecule has 0 bridgehead atoms. The third-order valence-corrected chi connectivity index (χ3v) is 3.89. The molecule has 1 N–H and O–H groups in total. The Labute approximate surface area is 167 Å². The van der Waals surface area contributed by atoms with E-state index >= 15 is 0 Å². The molecule has 2 rings (SSSR count). The SMILES string of the molecule is COc1ccc(NC(=O)CO/N=C\c2cc(OC)c(OC)c(OC)c2)cc1Cl. The summed E-state index contributed by atoms with van der Waals surface area (Å²) in [5, 5.41) is 6.83. The highest BCUT2D eigenvalue weighted by Crippen LogP contribution is 2.37. The zero-order valence-corrected chi connectivity index (χ0v) is 16.7. The van der Waals surface area contributed by atoms with E-state index in [1.807, 2.05) is 0 Å². The molecule has 2 aromatic carbocycles. The molecular formula is C19H21ClN2O6. The van der Waals surface area contributed by atoms with Crippen LogP contribution in [0.5, 0.6) is 23.0 Å². The minimum absolute atomic E-state index is 0.273. The number of carbonyl (C=O) groups is 1. The predicted octanol–water partition coefficient (Wildman–Crippen LogP) is 3.36. The minimum Gasteiger partial charge on any atom is -0.495 e. The van der Waals surface area contributed by atoms with Crippen LogP contribution in [0.3, 0.4) is 0 Å². The molecule has 0 aliphatic heterocycles. The van der Waals surface area contributed by atoms with Crippen LogP contribution in [0.25, 0.3) is 0 Å². The largest absolute Gasteiger partial charge is 0.495 e. The number of amides is 1. The number of anilines is 1. The van der Waals surface area contributed by atoms with E-state index in [2.05, 4.69) is 10.5 Å². The zero-order chi connectivity index (χ0) is 20.5. The molecule has 0 heterocycles. The Bertz CT molecular complexity index is 831. The number of nitrogens with zero attached hydrogens (tertiary/aromatic N) is 1. The zero-order valence-electron chi connectivity index (χ0n) is 15.9. The van der Waals surface area contributed by atoms with Crippen LogP contribution in [0.15, 0.2) is 35.5 Å². The van der Waals surface area contributed by atoms with Gasteiger partial charge >= 0.3 is 0 Å². The number of rotatable bonds is 9. The standard InChI is InChI=1S/C19H21ClN2O6/c1-24-15-6-5-13(9-14(15)20)22-18(23)11-28-21-10-12-7-16(25-2)19(27-4)17(8-12)26-3/h5-10H,11H2,1-4H3,(H,22,23)/b21-10-. The molecule has 0 aliphatic rings. The third-order valence-electron chi connectivity index (χ3n) is 3.59. The molecule has 8 nitrogen and oxygen atoms in total. The van der Waals surface area contributed by atoms with E-state index in [4.69, 9.17) is 35.4 Å². The van der Waals surface area contributed by atoms with E-state index in [-0.39, 0.29) is 12.5 Å². The van der Waals surface area contributed by atoms with Crippen LogP contribution in [0.4, 0.5) is 5.69 Å². The summed E-state index contributed by atoms with van der Waals surface area (Å²) in [5.41, 5.74) is 1.17. The van der Waals surface area contributed by atoms with E-state index in [1.54, 1.807) is 30.3 Å². The van der Waals surface area contributed by atoms with Crippen LogP contribution in [-0.4, -0.2) is 47.2 Å². The fourth-order valence-electron chi connectivity index (χ4n) is 2.31. The van der Waals surface area contributed by atoms with Gasteiger partial charge in [-0.3, -0.25) is 4.79 Å². The maximum atomic E-state index is 11.9. The van der Waals surface area contributed by atoms with Crippen molar-refractivity contribution in [1.29, 1.82) is 0 Å². The van der Waals surface area contributed by atoms with Crippen molar-refractivity contribution in [3.05, 3.63) is 40.9 Å². The fourth-order valence-corrected chi connectivity index (χ4v) is 2.57. The summed E-state index contributed by atoms with van der Waals surface area (Å²) in [4.78, 5) is 17.0.